The van der Waals surface area contributed by atoms with Gasteiger partial charge in [0.25, 0.3) is 5.56 Å². The molecule has 1 aromatic rings. The van der Waals surface area contributed by atoms with Gasteiger partial charge in [-0.3, -0.25) is 4.79 Å². The summed E-state index contributed by atoms with van der Waals surface area (Å²) in [5, 5.41) is 7.48. The number of anilines is 1. The van der Waals surface area contributed by atoms with Crippen LogP contribution in [-0.2, 0) is 4.74 Å². The van der Waals surface area contributed by atoms with Crippen LogP contribution in [-0.4, -0.2) is 28.5 Å². The molecule has 19 heavy (non-hydrogen) atoms. The van der Waals surface area contributed by atoms with E-state index in [2.05, 4.69) is 17.3 Å². The van der Waals surface area contributed by atoms with Gasteiger partial charge in [-0.25, -0.2) is 4.68 Å². The number of hydrogen-bond donors (Lipinski definition) is 1. The van der Waals surface area contributed by atoms with Gasteiger partial charge >= 0.3 is 0 Å². The van der Waals surface area contributed by atoms with Crippen molar-refractivity contribution in [2.75, 3.05) is 18.5 Å². The van der Waals surface area contributed by atoms with Gasteiger partial charge in [0, 0.05) is 13.2 Å². The Bertz CT molecular complexity index is 507. The zero-order valence-corrected chi connectivity index (χ0v) is 12.3. The molecule has 0 aliphatic carbocycles. The first kappa shape index (κ1) is 14.3. The first-order valence-electron chi connectivity index (χ1n) is 6.58. The van der Waals surface area contributed by atoms with Crippen molar-refractivity contribution < 1.29 is 4.74 Å². The molecule has 106 valence electrons. The summed E-state index contributed by atoms with van der Waals surface area (Å²) in [7, 11) is 0. The Kier molecular flexibility index (Phi) is 4.16. The molecule has 2 heterocycles. The Morgan fingerprint density at radius 3 is 2.95 bits per heavy atom. The summed E-state index contributed by atoms with van der Waals surface area (Å²) in [6.45, 7) is 7.26. The van der Waals surface area contributed by atoms with Crippen molar-refractivity contribution in [3.8, 4) is 0 Å². The Hall–Kier alpha value is -1.07. The number of aromatic nitrogens is 2. The normalized spacial score (nSPS) is 23.0. The largest absolute Gasteiger partial charge is 0.379 e. The van der Waals surface area contributed by atoms with Crippen molar-refractivity contribution in [1.82, 2.24) is 9.78 Å². The van der Waals surface area contributed by atoms with Crippen LogP contribution in [0, 0.1) is 0 Å². The van der Waals surface area contributed by atoms with Crippen LogP contribution in [0.15, 0.2) is 11.0 Å². The monoisotopic (exact) mass is 285 g/mol. The van der Waals surface area contributed by atoms with Gasteiger partial charge in [-0.1, -0.05) is 11.6 Å². The van der Waals surface area contributed by atoms with Gasteiger partial charge in [-0.15, -0.1) is 0 Å². The molecule has 1 aromatic heterocycles. The van der Waals surface area contributed by atoms with Gasteiger partial charge < -0.3 is 10.1 Å². The molecule has 0 aromatic carbocycles. The van der Waals surface area contributed by atoms with Crippen molar-refractivity contribution in [1.29, 1.82) is 0 Å². The predicted molar refractivity (Wildman–Crippen MR) is 76.0 cm³/mol. The Labute approximate surface area is 117 Å². The average molecular weight is 286 g/mol. The third-order valence-electron chi connectivity index (χ3n) is 3.39. The molecule has 0 amide bonds. The lowest BCUT2D eigenvalue weighted by Crippen LogP contribution is -2.33. The van der Waals surface area contributed by atoms with Crippen molar-refractivity contribution >= 4 is 17.3 Å². The van der Waals surface area contributed by atoms with Gasteiger partial charge in [0.2, 0.25) is 0 Å². The van der Waals surface area contributed by atoms with E-state index in [9.17, 15) is 4.79 Å². The third-order valence-corrected chi connectivity index (χ3v) is 3.75. The minimum absolute atomic E-state index is 0.00488. The maximum Gasteiger partial charge on any atom is 0.287 e. The van der Waals surface area contributed by atoms with Crippen molar-refractivity contribution in [2.24, 2.45) is 0 Å². The quantitative estimate of drug-likeness (QED) is 0.923. The molecule has 0 spiro atoms. The molecule has 1 aliphatic heterocycles. The van der Waals surface area contributed by atoms with Gasteiger partial charge in [-0.2, -0.15) is 5.10 Å². The molecular weight excluding hydrogens is 266 g/mol. The molecule has 1 fully saturated rings. The Balaban J connectivity index is 2.13. The van der Waals surface area contributed by atoms with Gasteiger partial charge in [-0.05, 0) is 33.6 Å². The van der Waals surface area contributed by atoms with Crippen LogP contribution in [0.25, 0.3) is 0 Å². The summed E-state index contributed by atoms with van der Waals surface area (Å²) in [6, 6.07) is -0.00488. The standard InChI is InChI=1S/C13H20ClN3O2/c1-9(2)17-12(18)11(14)10(7-16-17)15-8-13(3)5-4-6-19-13/h7,9,15H,4-6,8H2,1-3H3. The molecule has 1 unspecified atom stereocenters. The third kappa shape index (κ3) is 3.09. The highest BCUT2D eigenvalue weighted by atomic mass is 35.5. The number of rotatable bonds is 4. The van der Waals surface area contributed by atoms with Crippen molar-refractivity contribution in [2.45, 2.75) is 45.3 Å². The van der Waals surface area contributed by atoms with Gasteiger partial charge in [0.1, 0.15) is 5.02 Å². The maximum absolute atomic E-state index is 12.0. The topological polar surface area (TPSA) is 56.1 Å². The summed E-state index contributed by atoms with van der Waals surface area (Å²) < 4.78 is 7.06. The van der Waals surface area contributed by atoms with Crippen molar-refractivity contribution in [3.05, 3.63) is 21.6 Å². The van der Waals surface area contributed by atoms with Crippen LogP contribution >= 0.6 is 11.6 Å². The second-order valence-corrected chi connectivity index (χ2v) is 5.85. The highest BCUT2D eigenvalue weighted by Crippen LogP contribution is 2.26. The molecule has 6 heteroatoms. The smallest absolute Gasteiger partial charge is 0.287 e. The highest BCUT2D eigenvalue weighted by molar-refractivity contribution is 6.32. The number of halogens is 1. The molecule has 1 atom stereocenters. The lowest BCUT2D eigenvalue weighted by atomic mass is 10.0. The summed E-state index contributed by atoms with van der Waals surface area (Å²) in [4.78, 5) is 12.0. The molecule has 5 nitrogen and oxygen atoms in total. The van der Waals surface area contributed by atoms with E-state index in [-0.39, 0.29) is 22.2 Å². The van der Waals surface area contributed by atoms with Gasteiger partial charge in [0.15, 0.2) is 0 Å². The Morgan fingerprint density at radius 2 is 2.37 bits per heavy atom. The zero-order chi connectivity index (χ0) is 14.0. The molecule has 1 aliphatic rings. The van der Waals surface area contributed by atoms with E-state index >= 15 is 0 Å². The van der Waals surface area contributed by atoms with Crippen LogP contribution in [0.2, 0.25) is 5.02 Å². The highest BCUT2D eigenvalue weighted by Gasteiger charge is 2.29. The van der Waals surface area contributed by atoms with E-state index in [1.165, 1.54) is 4.68 Å². The summed E-state index contributed by atoms with van der Waals surface area (Å²) in [5.74, 6) is 0. The van der Waals surface area contributed by atoms with E-state index in [4.69, 9.17) is 16.3 Å². The fourth-order valence-electron chi connectivity index (χ4n) is 2.19. The van der Waals surface area contributed by atoms with E-state index in [0.29, 0.717) is 12.2 Å². The molecule has 0 saturated carbocycles. The van der Waals surface area contributed by atoms with Crippen LogP contribution in [0.5, 0.6) is 0 Å². The van der Waals surface area contributed by atoms with E-state index in [1.807, 2.05) is 13.8 Å². The zero-order valence-electron chi connectivity index (χ0n) is 11.6. The first-order chi connectivity index (χ1) is 8.93. The predicted octanol–water partition coefficient (Wildman–Crippen LogP) is 2.46. The van der Waals surface area contributed by atoms with Crippen LogP contribution in [0.3, 0.4) is 0 Å². The maximum atomic E-state index is 12.0. The molecule has 1 N–H and O–H groups in total. The number of nitrogens with one attached hydrogen (secondary N) is 1. The number of ether oxygens (including phenoxy) is 1. The number of nitrogens with zero attached hydrogens (tertiary/aromatic N) is 2. The van der Waals surface area contributed by atoms with Gasteiger partial charge in [0.05, 0.1) is 23.5 Å². The molecule has 0 radical (unpaired) electrons. The van der Waals surface area contributed by atoms with E-state index in [0.717, 1.165) is 19.4 Å². The van der Waals surface area contributed by atoms with Crippen LogP contribution < -0.4 is 10.9 Å². The lowest BCUT2D eigenvalue weighted by molar-refractivity contribution is 0.0315. The van der Waals surface area contributed by atoms with E-state index < -0.39 is 0 Å². The molecule has 0 bridgehead atoms. The van der Waals surface area contributed by atoms with Crippen LogP contribution in [0.4, 0.5) is 5.69 Å². The van der Waals surface area contributed by atoms with Crippen LogP contribution in [0.1, 0.15) is 39.7 Å². The summed E-state index contributed by atoms with van der Waals surface area (Å²) >= 11 is 6.10. The van der Waals surface area contributed by atoms with Crippen molar-refractivity contribution in [3.63, 3.8) is 0 Å². The summed E-state index contributed by atoms with van der Waals surface area (Å²) in [5.41, 5.74) is 0.121. The summed E-state index contributed by atoms with van der Waals surface area (Å²) in [6.07, 6.45) is 3.68. The second-order valence-electron chi connectivity index (χ2n) is 5.47. The Morgan fingerprint density at radius 1 is 1.63 bits per heavy atom. The minimum atomic E-state index is -0.265. The lowest BCUT2D eigenvalue weighted by Gasteiger charge is -2.24. The number of hydrogen-bond acceptors (Lipinski definition) is 4. The SMILES string of the molecule is CC(C)n1ncc(NCC2(C)CCCO2)c(Cl)c1=O. The van der Waals surface area contributed by atoms with E-state index in [1.54, 1.807) is 6.20 Å². The molecular formula is C13H20ClN3O2. The first-order valence-corrected chi connectivity index (χ1v) is 6.96. The molecule has 2 rings (SSSR count). The fraction of sp³-hybridized carbons (Fsp3) is 0.692. The molecule has 1 saturated heterocycles. The average Bonchev–Trinajstić information content (AvgIpc) is 2.78. The minimum Gasteiger partial charge on any atom is -0.379 e. The second kappa shape index (κ2) is 5.51. The fourth-order valence-corrected chi connectivity index (χ4v) is 2.40.